The smallest absolute Gasteiger partial charge is 0.262 e. The third-order valence-corrected chi connectivity index (χ3v) is 2.27. The normalized spacial score (nSPS) is 13.4. The Morgan fingerprint density at radius 3 is 3.06 bits per heavy atom. The number of nitrogens with one attached hydrogen (secondary N) is 2. The van der Waals surface area contributed by atoms with Gasteiger partial charge >= 0.3 is 0 Å². The molecule has 0 spiro atoms. The van der Waals surface area contributed by atoms with E-state index < -0.39 is 5.82 Å². The molecule has 1 heterocycles. The number of rotatable bonds is 2. The van der Waals surface area contributed by atoms with E-state index >= 15 is 0 Å². The number of carbonyl (C=O) groups is 2. The van der Waals surface area contributed by atoms with Crippen LogP contribution in [-0.4, -0.2) is 18.4 Å². The molecule has 0 aliphatic carbocycles. The number of halogens is 1. The van der Waals surface area contributed by atoms with Gasteiger partial charge in [-0.15, -0.1) is 0 Å². The van der Waals surface area contributed by atoms with Gasteiger partial charge in [0.25, 0.3) is 5.91 Å². The van der Waals surface area contributed by atoms with Gasteiger partial charge in [-0.25, -0.2) is 4.39 Å². The second-order valence-electron chi connectivity index (χ2n) is 3.57. The molecule has 5 nitrogen and oxygen atoms in total. The van der Waals surface area contributed by atoms with Crippen molar-refractivity contribution in [3.63, 3.8) is 0 Å². The number of ether oxygens (including phenoxy) is 1. The number of amides is 2. The van der Waals surface area contributed by atoms with Gasteiger partial charge < -0.3 is 15.4 Å². The summed E-state index contributed by atoms with van der Waals surface area (Å²) >= 11 is 0. The summed E-state index contributed by atoms with van der Waals surface area (Å²) in [5, 5.41) is 5.00. The fourth-order valence-corrected chi connectivity index (χ4v) is 1.50. The third-order valence-electron chi connectivity index (χ3n) is 2.27. The van der Waals surface area contributed by atoms with Gasteiger partial charge in [0.2, 0.25) is 5.91 Å². The van der Waals surface area contributed by atoms with Crippen molar-refractivity contribution < 1.29 is 18.7 Å². The maximum absolute atomic E-state index is 13.3. The van der Waals surface area contributed by atoms with Gasteiger partial charge in [0.05, 0.1) is 11.4 Å². The minimum atomic E-state index is -0.555. The molecule has 0 saturated carbocycles. The predicted octanol–water partition coefficient (Wildman–Crippen LogP) is 1.51. The number of hydrogen-bond acceptors (Lipinski definition) is 3. The summed E-state index contributed by atoms with van der Waals surface area (Å²) in [6, 6.07) is 2.30. The Labute approximate surface area is 97.0 Å². The van der Waals surface area contributed by atoms with Crippen LogP contribution in [0.1, 0.15) is 13.3 Å². The summed E-state index contributed by atoms with van der Waals surface area (Å²) in [5.74, 6) is -0.872. The van der Waals surface area contributed by atoms with Crippen molar-refractivity contribution in [1.82, 2.24) is 0 Å². The average molecular weight is 238 g/mol. The van der Waals surface area contributed by atoms with Crippen LogP contribution in [-0.2, 0) is 9.59 Å². The van der Waals surface area contributed by atoms with E-state index in [1.165, 1.54) is 0 Å². The van der Waals surface area contributed by atoms with E-state index in [4.69, 9.17) is 4.74 Å². The summed E-state index contributed by atoms with van der Waals surface area (Å²) in [7, 11) is 0. The van der Waals surface area contributed by atoms with Gasteiger partial charge in [-0.05, 0) is 0 Å². The van der Waals surface area contributed by atoms with Crippen molar-refractivity contribution in [2.45, 2.75) is 13.3 Å². The minimum Gasteiger partial charge on any atom is -0.479 e. The molecule has 0 bridgehead atoms. The Kier molecular flexibility index (Phi) is 2.95. The van der Waals surface area contributed by atoms with Gasteiger partial charge in [-0.3, -0.25) is 9.59 Å². The number of carbonyl (C=O) groups excluding carboxylic acids is 2. The molecule has 0 atom stereocenters. The number of benzene rings is 1. The van der Waals surface area contributed by atoms with Crippen molar-refractivity contribution in [1.29, 1.82) is 0 Å². The van der Waals surface area contributed by atoms with Crippen molar-refractivity contribution >= 4 is 23.2 Å². The van der Waals surface area contributed by atoms with Crippen LogP contribution >= 0.6 is 0 Å². The van der Waals surface area contributed by atoms with Crippen LogP contribution < -0.4 is 15.4 Å². The zero-order valence-corrected chi connectivity index (χ0v) is 9.17. The molecule has 2 rings (SSSR count). The molecule has 1 aliphatic heterocycles. The fraction of sp³-hybridized carbons (Fsp3) is 0.273. The van der Waals surface area contributed by atoms with Crippen molar-refractivity contribution in [2.24, 2.45) is 0 Å². The van der Waals surface area contributed by atoms with E-state index in [9.17, 15) is 14.0 Å². The highest BCUT2D eigenvalue weighted by molar-refractivity contribution is 5.99. The maximum atomic E-state index is 13.3. The van der Waals surface area contributed by atoms with Crippen LogP contribution in [0.25, 0.3) is 0 Å². The number of anilines is 2. The second-order valence-corrected chi connectivity index (χ2v) is 3.57. The van der Waals surface area contributed by atoms with Crippen LogP contribution in [0.3, 0.4) is 0 Å². The molecule has 0 radical (unpaired) electrons. The van der Waals surface area contributed by atoms with E-state index in [0.717, 1.165) is 12.1 Å². The van der Waals surface area contributed by atoms with Gasteiger partial charge in [-0.1, -0.05) is 6.92 Å². The SMILES string of the molecule is CCC(=O)Nc1cc(F)cc2c1OCC(=O)N2. The second kappa shape index (κ2) is 4.40. The first kappa shape index (κ1) is 11.4. The molecule has 2 amide bonds. The topological polar surface area (TPSA) is 67.4 Å². The van der Waals surface area contributed by atoms with Crippen molar-refractivity contribution in [3.05, 3.63) is 17.9 Å². The highest BCUT2D eigenvalue weighted by atomic mass is 19.1. The first-order chi connectivity index (χ1) is 8.10. The lowest BCUT2D eigenvalue weighted by Crippen LogP contribution is -2.26. The molecule has 0 fully saturated rings. The Bertz CT molecular complexity index is 488. The lowest BCUT2D eigenvalue weighted by Gasteiger charge is -2.21. The van der Waals surface area contributed by atoms with Crippen molar-refractivity contribution in [2.75, 3.05) is 17.2 Å². The van der Waals surface area contributed by atoms with E-state index in [0.29, 0.717) is 0 Å². The van der Waals surface area contributed by atoms with E-state index in [-0.39, 0.29) is 42.0 Å². The van der Waals surface area contributed by atoms with Gasteiger partial charge in [0, 0.05) is 18.6 Å². The standard InChI is InChI=1S/C11H11FN2O3/c1-2-9(15)13-7-3-6(12)4-8-11(7)17-5-10(16)14-8/h3-4H,2,5H2,1H3,(H,13,15)(H,14,16). The molecular formula is C11H11FN2O3. The number of hydrogen-bond donors (Lipinski definition) is 2. The highest BCUT2D eigenvalue weighted by Gasteiger charge is 2.21. The molecule has 1 aliphatic rings. The first-order valence-corrected chi connectivity index (χ1v) is 5.16. The quantitative estimate of drug-likeness (QED) is 0.820. The van der Waals surface area contributed by atoms with Crippen molar-refractivity contribution in [3.8, 4) is 5.75 Å². The summed E-state index contributed by atoms with van der Waals surface area (Å²) in [4.78, 5) is 22.3. The lowest BCUT2D eigenvalue weighted by molar-refractivity contribution is -0.118. The Morgan fingerprint density at radius 2 is 2.35 bits per heavy atom. The molecule has 17 heavy (non-hydrogen) atoms. The van der Waals surface area contributed by atoms with Crippen LogP contribution in [0.4, 0.5) is 15.8 Å². The summed E-state index contributed by atoms with van der Waals surface area (Å²) in [6.45, 7) is 1.54. The van der Waals surface area contributed by atoms with E-state index in [2.05, 4.69) is 10.6 Å². The number of fused-ring (bicyclic) bond motifs is 1. The molecule has 1 aromatic carbocycles. The summed E-state index contributed by atoms with van der Waals surface area (Å²) in [6.07, 6.45) is 0.275. The maximum Gasteiger partial charge on any atom is 0.262 e. The molecule has 1 aromatic rings. The van der Waals surface area contributed by atoms with Crippen LogP contribution in [0.15, 0.2) is 12.1 Å². The zero-order chi connectivity index (χ0) is 12.4. The van der Waals surface area contributed by atoms with Crippen LogP contribution in [0.5, 0.6) is 5.75 Å². The van der Waals surface area contributed by atoms with Gasteiger partial charge in [0.15, 0.2) is 12.4 Å². The molecule has 0 saturated heterocycles. The van der Waals surface area contributed by atoms with Gasteiger partial charge in [0.1, 0.15) is 5.82 Å². The zero-order valence-electron chi connectivity index (χ0n) is 9.17. The van der Waals surface area contributed by atoms with Crippen LogP contribution in [0.2, 0.25) is 0 Å². The Hall–Kier alpha value is -2.11. The molecule has 0 unspecified atom stereocenters. The average Bonchev–Trinajstić information content (AvgIpc) is 2.27. The monoisotopic (exact) mass is 238 g/mol. The first-order valence-electron chi connectivity index (χ1n) is 5.16. The molecular weight excluding hydrogens is 227 g/mol. The molecule has 6 heteroatoms. The third kappa shape index (κ3) is 2.35. The summed E-state index contributed by atoms with van der Waals surface area (Å²) < 4.78 is 18.5. The van der Waals surface area contributed by atoms with Crippen LogP contribution in [0, 0.1) is 5.82 Å². The molecule has 0 aromatic heterocycles. The predicted molar refractivity (Wildman–Crippen MR) is 59.4 cm³/mol. The largest absolute Gasteiger partial charge is 0.479 e. The molecule has 2 N–H and O–H groups in total. The van der Waals surface area contributed by atoms with Gasteiger partial charge in [-0.2, -0.15) is 0 Å². The summed E-state index contributed by atoms with van der Waals surface area (Å²) in [5.41, 5.74) is 0.458. The minimum absolute atomic E-state index is 0.145. The van der Waals surface area contributed by atoms with E-state index in [1.54, 1.807) is 6.92 Å². The fourth-order valence-electron chi connectivity index (χ4n) is 1.50. The lowest BCUT2D eigenvalue weighted by atomic mass is 10.2. The highest BCUT2D eigenvalue weighted by Crippen LogP contribution is 2.36. The van der Waals surface area contributed by atoms with E-state index in [1.807, 2.05) is 0 Å². The Balaban J connectivity index is 2.38. The Morgan fingerprint density at radius 1 is 1.59 bits per heavy atom. The molecule has 90 valence electrons.